The first-order chi connectivity index (χ1) is 11.5. The van der Waals surface area contributed by atoms with Crippen LogP contribution in [-0.2, 0) is 30.7 Å². The third-order valence-electron chi connectivity index (χ3n) is 3.81. The molecule has 0 fully saturated rings. The van der Waals surface area contributed by atoms with Gasteiger partial charge in [0.1, 0.15) is 5.82 Å². The third kappa shape index (κ3) is 3.08. The summed E-state index contributed by atoms with van der Waals surface area (Å²) in [5, 5.41) is 4.26. The Balaban J connectivity index is 1.87. The monoisotopic (exact) mass is 329 g/mol. The normalized spacial score (nSPS) is 11.2. The van der Waals surface area contributed by atoms with Crippen LogP contribution >= 0.6 is 0 Å². The Morgan fingerprint density at radius 2 is 2.17 bits per heavy atom. The molecule has 1 aromatic carbocycles. The van der Waals surface area contributed by atoms with E-state index in [9.17, 15) is 9.59 Å². The predicted octanol–water partition coefficient (Wildman–Crippen LogP) is 0.785. The molecule has 8 nitrogen and oxygen atoms in total. The fourth-order valence-electron chi connectivity index (χ4n) is 2.69. The van der Waals surface area contributed by atoms with E-state index in [1.54, 1.807) is 15.3 Å². The Morgan fingerprint density at radius 3 is 2.88 bits per heavy atom. The van der Waals surface area contributed by atoms with Gasteiger partial charge in [-0.1, -0.05) is 6.07 Å². The van der Waals surface area contributed by atoms with Crippen LogP contribution < -0.4 is 11.5 Å². The highest BCUT2D eigenvalue weighted by Crippen LogP contribution is 2.15. The second kappa shape index (κ2) is 6.31. The van der Waals surface area contributed by atoms with Crippen molar-refractivity contribution in [3.63, 3.8) is 0 Å². The van der Waals surface area contributed by atoms with Crippen LogP contribution in [0.4, 0.5) is 0 Å². The number of nitrogens with zero attached hydrogens (tertiary/aromatic N) is 4. The average molecular weight is 329 g/mol. The fraction of sp³-hybridized carbons (Fsp3) is 0.375. The molecule has 126 valence electrons. The number of carbonyl (C=O) groups is 1. The molecule has 1 amide bonds. The molecule has 0 unspecified atom stereocenters. The SMILES string of the molecule is CCn1nc(CC(N)=O)nc1CCn1c(=O)oc2ccc(C)cc21. The summed E-state index contributed by atoms with van der Waals surface area (Å²) in [6.45, 7) is 4.95. The number of amides is 1. The average Bonchev–Trinajstić information content (AvgIpc) is 3.04. The van der Waals surface area contributed by atoms with E-state index in [1.807, 2.05) is 26.0 Å². The summed E-state index contributed by atoms with van der Waals surface area (Å²) in [4.78, 5) is 27.4. The number of aromatic nitrogens is 4. The Kier molecular flexibility index (Phi) is 4.20. The van der Waals surface area contributed by atoms with Gasteiger partial charge in [-0.3, -0.25) is 14.0 Å². The molecular weight excluding hydrogens is 310 g/mol. The highest BCUT2D eigenvalue weighted by atomic mass is 16.4. The molecule has 0 atom stereocenters. The maximum absolute atomic E-state index is 12.1. The molecule has 0 saturated heterocycles. The van der Waals surface area contributed by atoms with Gasteiger partial charge >= 0.3 is 5.76 Å². The molecule has 0 radical (unpaired) electrons. The first-order valence-electron chi connectivity index (χ1n) is 7.79. The quantitative estimate of drug-likeness (QED) is 0.719. The first kappa shape index (κ1) is 16.0. The van der Waals surface area contributed by atoms with Gasteiger partial charge in [0, 0.05) is 19.5 Å². The van der Waals surface area contributed by atoms with Gasteiger partial charge in [0.2, 0.25) is 5.91 Å². The molecule has 0 aliphatic heterocycles. The molecule has 2 N–H and O–H groups in total. The number of benzene rings is 1. The lowest BCUT2D eigenvalue weighted by atomic mass is 10.2. The maximum Gasteiger partial charge on any atom is 0.419 e. The molecule has 0 saturated carbocycles. The Hall–Kier alpha value is -2.90. The van der Waals surface area contributed by atoms with Crippen molar-refractivity contribution in [2.24, 2.45) is 5.73 Å². The van der Waals surface area contributed by atoms with E-state index in [2.05, 4.69) is 10.1 Å². The predicted molar refractivity (Wildman–Crippen MR) is 87.5 cm³/mol. The molecule has 3 rings (SSSR count). The van der Waals surface area contributed by atoms with Gasteiger partial charge in [0.15, 0.2) is 11.4 Å². The number of carbonyl (C=O) groups excluding carboxylic acids is 1. The van der Waals surface area contributed by atoms with E-state index in [0.29, 0.717) is 36.7 Å². The second-order valence-corrected chi connectivity index (χ2v) is 5.64. The number of hydrogen-bond acceptors (Lipinski definition) is 5. The third-order valence-corrected chi connectivity index (χ3v) is 3.81. The van der Waals surface area contributed by atoms with Crippen LogP contribution in [0.1, 0.15) is 24.1 Å². The molecule has 3 aromatic rings. The Bertz CT molecular complexity index is 950. The lowest BCUT2D eigenvalue weighted by molar-refractivity contribution is -0.117. The number of hydrogen-bond donors (Lipinski definition) is 1. The smallest absolute Gasteiger partial charge is 0.408 e. The number of primary amides is 1. The van der Waals surface area contributed by atoms with Crippen LogP contribution in [0.25, 0.3) is 11.1 Å². The highest BCUT2D eigenvalue weighted by molar-refractivity contribution is 5.75. The van der Waals surface area contributed by atoms with Crippen molar-refractivity contribution in [3.8, 4) is 0 Å². The van der Waals surface area contributed by atoms with Gasteiger partial charge in [0.05, 0.1) is 11.9 Å². The Labute approximate surface area is 137 Å². The van der Waals surface area contributed by atoms with Gasteiger partial charge in [-0.05, 0) is 31.5 Å². The zero-order valence-corrected chi connectivity index (χ0v) is 13.7. The zero-order valence-electron chi connectivity index (χ0n) is 13.7. The van der Waals surface area contributed by atoms with Gasteiger partial charge < -0.3 is 10.2 Å². The van der Waals surface area contributed by atoms with Gasteiger partial charge in [-0.2, -0.15) is 5.10 Å². The number of rotatable bonds is 6. The number of aryl methyl sites for hydroxylation is 4. The molecule has 2 aromatic heterocycles. The van der Waals surface area contributed by atoms with Crippen LogP contribution in [0.3, 0.4) is 0 Å². The molecular formula is C16H19N5O3. The minimum Gasteiger partial charge on any atom is -0.408 e. The maximum atomic E-state index is 12.1. The second-order valence-electron chi connectivity index (χ2n) is 5.64. The number of nitrogens with two attached hydrogens (primary N) is 1. The molecule has 2 heterocycles. The van der Waals surface area contributed by atoms with E-state index < -0.39 is 11.7 Å². The van der Waals surface area contributed by atoms with Crippen LogP contribution in [0.5, 0.6) is 0 Å². The van der Waals surface area contributed by atoms with E-state index in [-0.39, 0.29) is 6.42 Å². The fourth-order valence-corrected chi connectivity index (χ4v) is 2.69. The largest absolute Gasteiger partial charge is 0.419 e. The van der Waals surface area contributed by atoms with Crippen molar-refractivity contribution in [2.75, 3.05) is 0 Å². The lowest BCUT2D eigenvalue weighted by Crippen LogP contribution is -2.17. The van der Waals surface area contributed by atoms with E-state index in [1.165, 1.54) is 0 Å². The molecule has 24 heavy (non-hydrogen) atoms. The van der Waals surface area contributed by atoms with Gasteiger partial charge in [-0.15, -0.1) is 0 Å². The van der Waals surface area contributed by atoms with Gasteiger partial charge in [0.25, 0.3) is 0 Å². The van der Waals surface area contributed by atoms with Crippen molar-refractivity contribution >= 4 is 17.0 Å². The topological polar surface area (TPSA) is 109 Å². The molecule has 0 aliphatic rings. The van der Waals surface area contributed by atoms with Crippen LogP contribution in [0.15, 0.2) is 27.4 Å². The lowest BCUT2D eigenvalue weighted by Gasteiger charge is -2.04. The van der Waals surface area contributed by atoms with Crippen molar-refractivity contribution in [3.05, 3.63) is 46.0 Å². The van der Waals surface area contributed by atoms with E-state index in [0.717, 1.165) is 11.1 Å². The standard InChI is InChI=1S/C16H19N5O3/c1-3-21-15(18-14(19-21)9-13(17)22)6-7-20-11-8-10(2)4-5-12(11)24-16(20)23/h4-5,8H,3,6-7,9H2,1-2H3,(H2,17,22). The molecule has 0 bridgehead atoms. The summed E-state index contributed by atoms with van der Waals surface area (Å²) in [7, 11) is 0. The van der Waals surface area contributed by atoms with E-state index in [4.69, 9.17) is 10.2 Å². The van der Waals surface area contributed by atoms with Crippen molar-refractivity contribution in [2.45, 2.75) is 39.8 Å². The van der Waals surface area contributed by atoms with Crippen LogP contribution in [0.2, 0.25) is 0 Å². The summed E-state index contributed by atoms with van der Waals surface area (Å²) in [6.07, 6.45) is 0.510. The van der Waals surface area contributed by atoms with Crippen LogP contribution in [-0.4, -0.2) is 25.2 Å². The van der Waals surface area contributed by atoms with E-state index >= 15 is 0 Å². The first-order valence-corrected chi connectivity index (χ1v) is 7.79. The Morgan fingerprint density at radius 1 is 1.38 bits per heavy atom. The minimum absolute atomic E-state index is 0.00772. The van der Waals surface area contributed by atoms with Crippen molar-refractivity contribution in [1.29, 1.82) is 0 Å². The number of oxazole rings is 1. The summed E-state index contributed by atoms with van der Waals surface area (Å²) < 4.78 is 8.57. The summed E-state index contributed by atoms with van der Waals surface area (Å²) in [5.41, 5.74) is 7.57. The van der Waals surface area contributed by atoms with Crippen LogP contribution in [0, 0.1) is 6.92 Å². The van der Waals surface area contributed by atoms with Gasteiger partial charge in [-0.25, -0.2) is 9.78 Å². The summed E-state index contributed by atoms with van der Waals surface area (Å²) in [6, 6.07) is 5.62. The summed E-state index contributed by atoms with van der Waals surface area (Å²) in [5.74, 6) is 0.250. The van der Waals surface area contributed by atoms with Crippen molar-refractivity contribution < 1.29 is 9.21 Å². The minimum atomic E-state index is -0.470. The van der Waals surface area contributed by atoms with Crippen molar-refractivity contribution in [1.82, 2.24) is 19.3 Å². The number of fused-ring (bicyclic) bond motifs is 1. The molecule has 8 heteroatoms. The molecule has 0 spiro atoms. The highest BCUT2D eigenvalue weighted by Gasteiger charge is 2.14. The zero-order chi connectivity index (χ0) is 17.3. The summed E-state index contributed by atoms with van der Waals surface area (Å²) >= 11 is 0. The molecule has 0 aliphatic carbocycles.